The van der Waals surface area contributed by atoms with Gasteiger partial charge < -0.3 is 14.4 Å². The smallest absolute Gasteiger partial charge is 0.336 e. The number of carbonyl (C=O) groups is 1. The molecule has 0 spiro atoms. The van der Waals surface area contributed by atoms with Crippen molar-refractivity contribution in [3.63, 3.8) is 0 Å². The second-order valence-corrected chi connectivity index (χ2v) is 5.73. The van der Waals surface area contributed by atoms with Gasteiger partial charge in [0.15, 0.2) is 5.82 Å². The predicted molar refractivity (Wildman–Crippen MR) is 78.4 cm³/mol. The van der Waals surface area contributed by atoms with Crippen LogP contribution in [0.25, 0.3) is 0 Å². The number of rotatable bonds is 4. The first kappa shape index (κ1) is 14.1. The lowest BCUT2D eigenvalue weighted by atomic mass is 10.2. The lowest BCUT2D eigenvalue weighted by Gasteiger charge is -2.15. The van der Waals surface area contributed by atoms with Crippen molar-refractivity contribution in [3.8, 4) is 5.75 Å². The van der Waals surface area contributed by atoms with Crippen LogP contribution in [0.3, 0.4) is 0 Å². The average Bonchev–Trinajstić information content (AvgIpc) is 2.89. The van der Waals surface area contributed by atoms with Crippen LogP contribution in [-0.4, -0.2) is 25.8 Å². The van der Waals surface area contributed by atoms with Gasteiger partial charge in [-0.1, -0.05) is 0 Å². The number of carboxylic acids is 1. The van der Waals surface area contributed by atoms with Crippen LogP contribution in [0.15, 0.2) is 22.7 Å². The monoisotopic (exact) mass is 351 g/mol. The third kappa shape index (κ3) is 2.92. The summed E-state index contributed by atoms with van der Waals surface area (Å²) in [7, 11) is 0. The van der Waals surface area contributed by atoms with Gasteiger partial charge in [0.05, 0.1) is 5.56 Å². The molecule has 2 aromatic rings. The Balaban J connectivity index is 1.75. The molecule has 1 N–H and O–H groups in total. The van der Waals surface area contributed by atoms with Crippen molar-refractivity contribution in [2.45, 2.75) is 32.4 Å². The van der Waals surface area contributed by atoms with Gasteiger partial charge in [0.2, 0.25) is 0 Å². The molecule has 0 fully saturated rings. The van der Waals surface area contributed by atoms with Gasteiger partial charge in [0.1, 0.15) is 18.2 Å². The molecule has 1 aromatic heterocycles. The average molecular weight is 352 g/mol. The number of nitrogens with zero attached hydrogens (tertiary/aromatic N) is 3. The molecule has 21 heavy (non-hydrogen) atoms. The van der Waals surface area contributed by atoms with Crippen molar-refractivity contribution < 1.29 is 14.6 Å². The van der Waals surface area contributed by atoms with E-state index in [0.717, 1.165) is 37.5 Å². The zero-order chi connectivity index (χ0) is 14.8. The number of aryl methyl sites for hydroxylation is 1. The molecule has 0 unspecified atom stereocenters. The molecule has 0 atom stereocenters. The summed E-state index contributed by atoms with van der Waals surface area (Å²) in [5, 5.41) is 17.4. The van der Waals surface area contributed by atoms with Crippen molar-refractivity contribution >= 4 is 21.9 Å². The molecular weight excluding hydrogens is 338 g/mol. The van der Waals surface area contributed by atoms with Crippen molar-refractivity contribution in [1.29, 1.82) is 0 Å². The lowest BCUT2D eigenvalue weighted by Crippen LogP contribution is -2.14. The summed E-state index contributed by atoms with van der Waals surface area (Å²) in [4.78, 5) is 11.1. The maximum absolute atomic E-state index is 11.1. The van der Waals surface area contributed by atoms with Gasteiger partial charge in [-0.25, -0.2) is 4.79 Å². The maximum Gasteiger partial charge on any atom is 0.336 e. The second-order valence-electron chi connectivity index (χ2n) is 4.88. The molecule has 0 amide bonds. The highest BCUT2D eigenvalue weighted by Crippen LogP contribution is 2.23. The van der Waals surface area contributed by atoms with Crippen LogP contribution in [-0.2, 0) is 19.6 Å². The predicted octanol–water partition coefficient (Wildman–Crippen LogP) is 2.65. The minimum Gasteiger partial charge on any atom is -0.486 e. The number of fused-ring (bicyclic) bond motifs is 1. The molecule has 3 rings (SSSR count). The Morgan fingerprint density at radius 3 is 3.05 bits per heavy atom. The van der Waals surface area contributed by atoms with Crippen molar-refractivity contribution in [2.24, 2.45) is 0 Å². The van der Waals surface area contributed by atoms with Gasteiger partial charge in [0, 0.05) is 17.4 Å². The maximum atomic E-state index is 11.1. The fraction of sp³-hybridized carbons (Fsp3) is 0.357. The summed E-state index contributed by atoms with van der Waals surface area (Å²) in [6.07, 6.45) is 3.22. The number of carboxylic acid groups (broad SMARTS) is 1. The van der Waals surface area contributed by atoms with Gasteiger partial charge in [-0.3, -0.25) is 0 Å². The molecule has 1 aliphatic heterocycles. The summed E-state index contributed by atoms with van der Waals surface area (Å²) in [5.74, 6) is 1.29. The summed E-state index contributed by atoms with van der Waals surface area (Å²) in [6.45, 7) is 1.20. The molecule has 0 bridgehead atoms. The quantitative estimate of drug-likeness (QED) is 0.915. The number of aromatic nitrogens is 3. The molecule has 0 aliphatic carbocycles. The molecule has 110 valence electrons. The summed E-state index contributed by atoms with van der Waals surface area (Å²) >= 11 is 3.21. The Bertz CT molecular complexity index is 684. The minimum absolute atomic E-state index is 0.177. The Morgan fingerprint density at radius 2 is 2.24 bits per heavy atom. The fourth-order valence-corrected chi connectivity index (χ4v) is 2.80. The molecule has 2 heterocycles. The van der Waals surface area contributed by atoms with Crippen molar-refractivity contribution in [1.82, 2.24) is 14.8 Å². The van der Waals surface area contributed by atoms with E-state index in [1.54, 1.807) is 12.1 Å². The normalized spacial score (nSPS) is 13.8. The summed E-state index contributed by atoms with van der Waals surface area (Å²) in [5.41, 5.74) is 0.177. The van der Waals surface area contributed by atoms with Crippen LogP contribution >= 0.6 is 15.9 Å². The van der Waals surface area contributed by atoms with E-state index >= 15 is 0 Å². The highest BCUT2D eigenvalue weighted by atomic mass is 79.9. The number of ether oxygens (including phenoxy) is 1. The Morgan fingerprint density at radius 1 is 1.38 bits per heavy atom. The largest absolute Gasteiger partial charge is 0.486 e. The minimum atomic E-state index is -0.993. The number of hydrogen-bond acceptors (Lipinski definition) is 4. The summed E-state index contributed by atoms with van der Waals surface area (Å²) < 4.78 is 8.27. The molecule has 0 saturated heterocycles. The van der Waals surface area contributed by atoms with E-state index in [1.165, 1.54) is 6.07 Å². The van der Waals surface area contributed by atoms with E-state index in [9.17, 15) is 4.79 Å². The standard InChI is InChI=1S/C14H14BrN3O3/c15-11-5-4-9(7-10(11)14(19)20)21-8-13-17-16-12-3-1-2-6-18(12)13/h4-5,7H,1-3,6,8H2,(H,19,20). The first-order valence-electron chi connectivity index (χ1n) is 6.72. The molecule has 1 aromatic carbocycles. The van der Waals surface area contributed by atoms with Crippen LogP contribution in [0.4, 0.5) is 0 Å². The van der Waals surface area contributed by atoms with E-state index in [4.69, 9.17) is 9.84 Å². The molecule has 1 aliphatic rings. The number of hydrogen-bond donors (Lipinski definition) is 1. The third-order valence-corrected chi connectivity index (χ3v) is 4.16. The molecule has 6 nitrogen and oxygen atoms in total. The Kier molecular flexibility index (Phi) is 3.92. The van der Waals surface area contributed by atoms with Crippen LogP contribution < -0.4 is 4.74 Å². The van der Waals surface area contributed by atoms with Gasteiger partial charge >= 0.3 is 5.97 Å². The van der Waals surface area contributed by atoms with E-state index in [2.05, 4.69) is 30.7 Å². The van der Waals surface area contributed by atoms with Crippen LogP contribution in [0.5, 0.6) is 5.75 Å². The van der Waals surface area contributed by atoms with E-state index in [0.29, 0.717) is 10.2 Å². The zero-order valence-corrected chi connectivity index (χ0v) is 12.8. The molecule has 0 radical (unpaired) electrons. The number of halogens is 1. The van der Waals surface area contributed by atoms with Crippen LogP contribution in [0.1, 0.15) is 34.8 Å². The zero-order valence-electron chi connectivity index (χ0n) is 11.3. The van der Waals surface area contributed by atoms with E-state index in [-0.39, 0.29) is 12.2 Å². The van der Waals surface area contributed by atoms with Gasteiger partial charge in [-0.05, 0) is 47.0 Å². The van der Waals surface area contributed by atoms with E-state index in [1.807, 2.05) is 0 Å². The third-order valence-electron chi connectivity index (χ3n) is 3.47. The molecule has 0 saturated carbocycles. The first-order valence-corrected chi connectivity index (χ1v) is 7.51. The molecular formula is C14H14BrN3O3. The second kappa shape index (κ2) is 5.85. The van der Waals surface area contributed by atoms with Crippen LogP contribution in [0.2, 0.25) is 0 Å². The molecule has 7 heteroatoms. The fourth-order valence-electron chi connectivity index (χ4n) is 2.38. The SMILES string of the molecule is O=C(O)c1cc(OCc2nnc3n2CCCC3)ccc1Br. The summed E-state index contributed by atoms with van der Waals surface area (Å²) in [6, 6.07) is 4.89. The van der Waals surface area contributed by atoms with E-state index < -0.39 is 5.97 Å². The van der Waals surface area contributed by atoms with Gasteiger partial charge in [0.25, 0.3) is 0 Å². The van der Waals surface area contributed by atoms with Crippen molar-refractivity contribution in [2.75, 3.05) is 0 Å². The van der Waals surface area contributed by atoms with Crippen LogP contribution in [0, 0.1) is 0 Å². The van der Waals surface area contributed by atoms with Gasteiger partial charge in [-0.2, -0.15) is 0 Å². The Hall–Kier alpha value is -1.89. The van der Waals surface area contributed by atoms with Gasteiger partial charge in [-0.15, -0.1) is 10.2 Å². The number of benzene rings is 1. The highest BCUT2D eigenvalue weighted by molar-refractivity contribution is 9.10. The topological polar surface area (TPSA) is 77.2 Å². The Labute approximate surface area is 129 Å². The lowest BCUT2D eigenvalue weighted by molar-refractivity contribution is 0.0695. The van der Waals surface area contributed by atoms with Crippen molar-refractivity contribution in [3.05, 3.63) is 39.9 Å². The number of aromatic carboxylic acids is 1. The first-order chi connectivity index (χ1) is 10.1. The highest BCUT2D eigenvalue weighted by Gasteiger charge is 2.16.